The van der Waals surface area contributed by atoms with E-state index in [-0.39, 0.29) is 5.91 Å². The number of pyridine rings is 1. The molecule has 0 bridgehead atoms. The summed E-state index contributed by atoms with van der Waals surface area (Å²) < 4.78 is 4.92. The summed E-state index contributed by atoms with van der Waals surface area (Å²) in [5.74, 6) is 1.19. The molecule has 1 saturated heterocycles. The Hall–Kier alpha value is -2.41. The Bertz CT molecular complexity index is 664. The van der Waals surface area contributed by atoms with Crippen LogP contribution in [0.15, 0.2) is 28.9 Å². The molecule has 0 radical (unpaired) electrons. The van der Waals surface area contributed by atoms with Crippen LogP contribution >= 0.6 is 0 Å². The first-order chi connectivity index (χ1) is 11.2. The average Bonchev–Trinajstić information content (AvgIpc) is 3.01. The molecule has 0 saturated carbocycles. The lowest BCUT2D eigenvalue weighted by molar-refractivity contribution is 0.0942. The zero-order valence-electron chi connectivity index (χ0n) is 13.1. The minimum absolute atomic E-state index is 0.251. The van der Waals surface area contributed by atoms with Crippen LogP contribution < -0.4 is 16.0 Å². The van der Waals surface area contributed by atoms with Crippen molar-refractivity contribution in [3.05, 3.63) is 41.4 Å². The van der Waals surface area contributed by atoms with Crippen molar-refractivity contribution < 1.29 is 9.32 Å². The molecule has 23 heavy (non-hydrogen) atoms. The number of amides is 1. The van der Waals surface area contributed by atoms with Crippen LogP contribution in [0.5, 0.6) is 0 Å². The lowest BCUT2D eigenvalue weighted by Gasteiger charge is -2.25. The van der Waals surface area contributed by atoms with Crippen LogP contribution in [-0.2, 0) is 6.54 Å². The molecule has 0 unspecified atom stereocenters. The summed E-state index contributed by atoms with van der Waals surface area (Å²) in [6, 6.07) is 5.87. The molecule has 1 aliphatic heterocycles. The molecule has 0 aromatic carbocycles. The third-order valence-electron chi connectivity index (χ3n) is 3.87. The maximum absolute atomic E-state index is 12.0. The van der Waals surface area contributed by atoms with Crippen LogP contribution in [0, 0.1) is 6.92 Å². The molecule has 2 aromatic rings. The first kappa shape index (κ1) is 15.5. The van der Waals surface area contributed by atoms with Gasteiger partial charge in [-0.15, -0.1) is 0 Å². The highest BCUT2D eigenvalue weighted by atomic mass is 16.5. The Morgan fingerprint density at radius 2 is 2.26 bits per heavy atom. The van der Waals surface area contributed by atoms with Crippen molar-refractivity contribution in [2.75, 3.05) is 18.4 Å². The normalized spacial score (nSPS) is 15.3. The van der Waals surface area contributed by atoms with Crippen LogP contribution in [0.2, 0.25) is 0 Å². The minimum atomic E-state index is -0.251. The van der Waals surface area contributed by atoms with E-state index in [0.717, 1.165) is 37.3 Å². The molecule has 122 valence electrons. The third-order valence-corrected chi connectivity index (χ3v) is 3.87. The van der Waals surface area contributed by atoms with E-state index >= 15 is 0 Å². The molecule has 7 heteroatoms. The zero-order valence-corrected chi connectivity index (χ0v) is 13.1. The van der Waals surface area contributed by atoms with Gasteiger partial charge in [0, 0.05) is 30.4 Å². The van der Waals surface area contributed by atoms with Gasteiger partial charge in [-0.2, -0.15) is 0 Å². The smallest absolute Gasteiger partial charge is 0.273 e. The standard InChI is InChI=1S/C16H21N5O2/c1-11-9-14(21-23-11)16(22)19-10-12-3-2-6-18-15(12)20-13-4-7-17-8-5-13/h2-3,6,9,13,17H,4-5,7-8,10H2,1H3,(H,18,20)(H,19,22). The predicted octanol–water partition coefficient (Wildman–Crippen LogP) is 1.47. The van der Waals surface area contributed by atoms with Crippen LogP contribution in [0.25, 0.3) is 0 Å². The molecule has 1 amide bonds. The Kier molecular flexibility index (Phi) is 4.87. The Labute approximate surface area is 134 Å². The number of rotatable bonds is 5. The lowest BCUT2D eigenvalue weighted by atomic mass is 10.1. The predicted molar refractivity (Wildman–Crippen MR) is 86.2 cm³/mol. The number of anilines is 1. The summed E-state index contributed by atoms with van der Waals surface area (Å²) in [7, 11) is 0. The highest BCUT2D eigenvalue weighted by Crippen LogP contribution is 2.16. The van der Waals surface area contributed by atoms with E-state index in [1.54, 1.807) is 19.2 Å². The van der Waals surface area contributed by atoms with E-state index in [4.69, 9.17) is 4.52 Å². The molecule has 3 rings (SSSR count). The van der Waals surface area contributed by atoms with Crippen molar-refractivity contribution >= 4 is 11.7 Å². The van der Waals surface area contributed by atoms with Gasteiger partial charge >= 0.3 is 0 Å². The van der Waals surface area contributed by atoms with Gasteiger partial charge in [0.25, 0.3) is 5.91 Å². The zero-order chi connectivity index (χ0) is 16.1. The fourth-order valence-electron chi connectivity index (χ4n) is 2.61. The molecule has 7 nitrogen and oxygen atoms in total. The quantitative estimate of drug-likeness (QED) is 0.774. The first-order valence-electron chi connectivity index (χ1n) is 7.85. The molecular weight excluding hydrogens is 294 g/mol. The first-order valence-corrected chi connectivity index (χ1v) is 7.85. The fourth-order valence-corrected chi connectivity index (χ4v) is 2.61. The second-order valence-corrected chi connectivity index (χ2v) is 5.69. The van der Waals surface area contributed by atoms with Crippen molar-refractivity contribution in [2.45, 2.75) is 32.4 Å². The highest BCUT2D eigenvalue weighted by molar-refractivity contribution is 5.92. The second-order valence-electron chi connectivity index (χ2n) is 5.69. The number of piperidine rings is 1. The van der Waals surface area contributed by atoms with E-state index < -0.39 is 0 Å². The van der Waals surface area contributed by atoms with Crippen LogP contribution in [-0.4, -0.2) is 35.2 Å². The number of aromatic nitrogens is 2. The van der Waals surface area contributed by atoms with Gasteiger partial charge in [-0.05, 0) is 38.9 Å². The maximum atomic E-state index is 12.0. The van der Waals surface area contributed by atoms with E-state index in [1.165, 1.54) is 0 Å². The van der Waals surface area contributed by atoms with Crippen molar-refractivity contribution in [3.63, 3.8) is 0 Å². The van der Waals surface area contributed by atoms with E-state index in [9.17, 15) is 4.79 Å². The summed E-state index contributed by atoms with van der Waals surface area (Å²) in [5.41, 5.74) is 1.25. The number of nitrogens with one attached hydrogen (secondary N) is 3. The van der Waals surface area contributed by atoms with Gasteiger partial charge in [0.1, 0.15) is 11.6 Å². The number of carbonyl (C=O) groups excluding carboxylic acids is 1. The average molecular weight is 315 g/mol. The Morgan fingerprint density at radius 3 is 3.00 bits per heavy atom. The molecule has 2 aromatic heterocycles. The largest absolute Gasteiger partial charge is 0.367 e. The van der Waals surface area contributed by atoms with Gasteiger partial charge in [-0.25, -0.2) is 4.98 Å². The number of aryl methyl sites for hydroxylation is 1. The van der Waals surface area contributed by atoms with E-state index in [0.29, 0.717) is 24.0 Å². The van der Waals surface area contributed by atoms with Gasteiger partial charge in [-0.3, -0.25) is 4.79 Å². The highest BCUT2D eigenvalue weighted by Gasteiger charge is 2.16. The number of nitrogens with zero attached hydrogens (tertiary/aromatic N) is 2. The molecule has 1 aliphatic rings. The van der Waals surface area contributed by atoms with Crippen LogP contribution in [0.3, 0.4) is 0 Å². The number of hydrogen-bond acceptors (Lipinski definition) is 6. The molecule has 1 fully saturated rings. The summed E-state index contributed by atoms with van der Waals surface area (Å²) in [4.78, 5) is 16.5. The molecular formula is C16H21N5O2. The topological polar surface area (TPSA) is 92.1 Å². The third kappa shape index (κ3) is 4.07. The monoisotopic (exact) mass is 315 g/mol. The maximum Gasteiger partial charge on any atom is 0.273 e. The summed E-state index contributed by atoms with van der Waals surface area (Å²) in [6.07, 6.45) is 3.90. The summed E-state index contributed by atoms with van der Waals surface area (Å²) >= 11 is 0. The molecule has 0 aliphatic carbocycles. The summed E-state index contributed by atoms with van der Waals surface area (Å²) in [5, 5.41) is 13.4. The fraction of sp³-hybridized carbons (Fsp3) is 0.438. The lowest BCUT2D eigenvalue weighted by Crippen LogP contribution is -2.36. The van der Waals surface area contributed by atoms with Crippen molar-refractivity contribution in [1.29, 1.82) is 0 Å². The molecule has 3 N–H and O–H groups in total. The number of carbonyl (C=O) groups is 1. The van der Waals surface area contributed by atoms with Gasteiger partial charge in [-0.1, -0.05) is 11.2 Å². The SMILES string of the molecule is Cc1cc(C(=O)NCc2cccnc2NC2CCNCC2)no1. The number of hydrogen-bond donors (Lipinski definition) is 3. The van der Waals surface area contributed by atoms with Gasteiger partial charge in [0.2, 0.25) is 0 Å². The van der Waals surface area contributed by atoms with Gasteiger partial charge in [0.05, 0.1) is 0 Å². The van der Waals surface area contributed by atoms with Crippen molar-refractivity contribution in [2.24, 2.45) is 0 Å². The van der Waals surface area contributed by atoms with Gasteiger partial charge in [0.15, 0.2) is 5.69 Å². The Morgan fingerprint density at radius 1 is 1.43 bits per heavy atom. The Balaban J connectivity index is 1.62. The molecule has 3 heterocycles. The second kappa shape index (κ2) is 7.23. The minimum Gasteiger partial charge on any atom is -0.367 e. The van der Waals surface area contributed by atoms with E-state index in [1.807, 2.05) is 12.1 Å². The van der Waals surface area contributed by atoms with E-state index in [2.05, 4.69) is 26.1 Å². The summed E-state index contributed by atoms with van der Waals surface area (Å²) in [6.45, 7) is 4.18. The van der Waals surface area contributed by atoms with Crippen molar-refractivity contribution in [3.8, 4) is 0 Å². The molecule has 0 atom stereocenters. The van der Waals surface area contributed by atoms with Crippen LogP contribution in [0.4, 0.5) is 5.82 Å². The molecule has 0 spiro atoms. The van der Waals surface area contributed by atoms with Gasteiger partial charge < -0.3 is 20.5 Å². The van der Waals surface area contributed by atoms with Crippen molar-refractivity contribution in [1.82, 2.24) is 20.8 Å². The van der Waals surface area contributed by atoms with Crippen LogP contribution in [0.1, 0.15) is 34.7 Å².